The van der Waals surface area contributed by atoms with Gasteiger partial charge in [0.05, 0.1) is 0 Å². The molecule has 1 aromatic rings. The van der Waals surface area contributed by atoms with Gasteiger partial charge in [0, 0.05) is 11.7 Å². The standard InChI is InChI=1S/C16H24N2S/c1-16(2,3)12-7-6-10-14(11-12)18-15(19)17-13-8-4-5-9-13/h6-7,10-11,13H,4-5,8-9H2,1-3H3,(H2,17,18,19). The summed E-state index contributed by atoms with van der Waals surface area (Å²) in [6, 6.07) is 9.06. The van der Waals surface area contributed by atoms with Crippen molar-refractivity contribution in [2.75, 3.05) is 5.32 Å². The first-order chi connectivity index (χ1) is 8.95. The van der Waals surface area contributed by atoms with E-state index in [9.17, 15) is 0 Å². The lowest BCUT2D eigenvalue weighted by Crippen LogP contribution is -2.35. The number of hydrogen-bond donors (Lipinski definition) is 2. The predicted molar refractivity (Wildman–Crippen MR) is 86.8 cm³/mol. The van der Waals surface area contributed by atoms with E-state index < -0.39 is 0 Å². The molecule has 1 aliphatic carbocycles. The topological polar surface area (TPSA) is 24.1 Å². The van der Waals surface area contributed by atoms with E-state index in [0.29, 0.717) is 6.04 Å². The van der Waals surface area contributed by atoms with Gasteiger partial charge in [0.15, 0.2) is 5.11 Å². The Hall–Kier alpha value is -1.09. The lowest BCUT2D eigenvalue weighted by atomic mass is 9.87. The highest BCUT2D eigenvalue weighted by Gasteiger charge is 2.16. The van der Waals surface area contributed by atoms with Crippen LogP contribution < -0.4 is 10.6 Å². The number of benzene rings is 1. The summed E-state index contributed by atoms with van der Waals surface area (Å²) >= 11 is 5.39. The van der Waals surface area contributed by atoms with Crippen molar-refractivity contribution in [2.24, 2.45) is 0 Å². The maximum absolute atomic E-state index is 5.39. The second-order valence-corrected chi connectivity index (χ2v) is 6.82. The molecule has 0 saturated heterocycles. The third-order valence-corrected chi connectivity index (χ3v) is 3.90. The Kier molecular flexibility index (Phi) is 4.46. The van der Waals surface area contributed by atoms with E-state index in [1.165, 1.54) is 31.2 Å². The third-order valence-electron chi connectivity index (χ3n) is 3.68. The summed E-state index contributed by atoms with van der Waals surface area (Å²) in [7, 11) is 0. The van der Waals surface area contributed by atoms with Crippen LogP contribution in [-0.4, -0.2) is 11.2 Å². The zero-order valence-corrected chi connectivity index (χ0v) is 12.9. The van der Waals surface area contributed by atoms with Crippen molar-refractivity contribution in [2.45, 2.75) is 57.9 Å². The smallest absolute Gasteiger partial charge is 0.170 e. The van der Waals surface area contributed by atoms with Gasteiger partial charge in [-0.3, -0.25) is 0 Å². The molecule has 1 aromatic carbocycles. The van der Waals surface area contributed by atoms with Gasteiger partial charge >= 0.3 is 0 Å². The molecule has 3 heteroatoms. The maximum atomic E-state index is 5.39. The highest BCUT2D eigenvalue weighted by atomic mass is 32.1. The van der Waals surface area contributed by atoms with E-state index in [1.807, 2.05) is 0 Å². The van der Waals surface area contributed by atoms with Gasteiger partial charge in [-0.25, -0.2) is 0 Å². The summed E-state index contributed by atoms with van der Waals surface area (Å²) in [5, 5.41) is 7.46. The summed E-state index contributed by atoms with van der Waals surface area (Å²) in [6.45, 7) is 6.67. The number of thiocarbonyl (C=S) groups is 1. The van der Waals surface area contributed by atoms with Gasteiger partial charge < -0.3 is 10.6 Å². The SMILES string of the molecule is CC(C)(C)c1cccc(NC(=S)NC2CCCC2)c1. The highest BCUT2D eigenvalue weighted by molar-refractivity contribution is 7.80. The first-order valence-electron chi connectivity index (χ1n) is 7.13. The summed E-state index contributed by atoms with van der Waals surface area (Å²) in [4.78, 5) is 0. The van der Waals surface area contributed by atoms with E-state index in [-0.39, 0.29) is 5.41 Å². The zero-order chi connectivity index (χ0) is 13.9. The van der Waals surface area contributed by atoms with Gasteiger partial charge in [0.1, 0.15) is 0 Å². The fourth-order valence-corrected chi connectivity index (χ4v) is 2.77. The van der Waals surface area contributed by atoms with Gasteiger partial charge in [0.25, 0.3) is 0 Å². The Morgan fingerprint density at radius 1 is 1.21 bits per heavy atom. The molecule has 2 nitrogen and oxygen atoms in total. The van der Waals surface area contributed by atoms with Gasteiger partial charge in [-0.15, -0.1) is 0 Å². The number of hydrogen-bond acceptors (Lipinski definition) is 1. The molecule has 0 amide bonds. The first kappa shape index (κ1) is 14.3. The monoisotopic (exact) mass is 276 g/mol. The molecule has 0 aliphatic heterocycles. The lowest BCUT2D eigenvalue weighted by molar-refractivity contribution is 0.590. The second-order valence-electron chi connectivity index (χ2n) is 6.41. The summed E-state index contributed by atoms with van der Waals surface area (Å²) in [6.07, 6.45) is 5.12. The average Bonchev–Trinajstić information content (AvgIpc) is 2.80. The minimum atomic E-state index is 0.165. The average molecular weight is 276 g/mol. The number of nitrogens with one attached hydrogen (secondary N) is 2. The minimum Gasteiger partial charge on any atom is -0.360 e. The van der Waals surface area contributed by atoms with Crippen molar-refractivity contribution >= 4 is 23.0 Å². The van der Waals surface area contributed by atoms with Crippen LogP contribution in [0.5, 0.6) is 0 Å². The molecule has 1 saturated carbocycles. The van der Waals surface area contributed by atoms with Crippen molar-refractivity contribution < 1.29 is 0 Å². The van der Waals surface area contributed by atoms with Crippen LogP contribution in [-0.2, 0) is 5.41 Å². The van der Waals surface area contributed by atoms with Crippen LogP contribution in [0.15, 0.2) is 24.3 Å². The molecule has 0 spiro atoms. The minimum absolute atomic E-state index is 0.165. The van der Waals surface area contributed by atoms with Crippen molar-refractivity contribution in [1.29, 1.82) is 0 Å². The van der Waals surface area contributed by atoms with E-state index >= 15 is 0 Å². The van der Waals surface area contributed by atoms with E-state index in [1.54, 1.807) is 0 Å². The molecule has 0 atom stereocenters. The van der Waals surface area contributed by atoms with Crippen molar-refractivity contribution in [3.05, 3.63) is 29.8 Å². The van der Waals surface area contributed by atoms with Gasteiger partial charge in [0.2, 0.25) is 0 Å². The molecule has 0 bridgehead atoms. The molecular formula is C16H24N2S. The lowest BCUT2D eigenvalue weighted by Gasteiger charge is -2.21. The van der Waals surface area contributed by atoms with Crippen LogP contribution in [0, 0.1) is 0 Å². The van der Waals surface area contributed by atoms with Crippen LogP contribution in [0.25, 0.3) is 0 Å². The van der Waals surface area contributed by atoms with Crippen LogP contribution in [0.1, 0.15) is 52.0 Å². The second kappa shape index (κ2) is 5.91. The van der Waals surface area contributed by atoms with Crippen molar-refractivity contribution in [3.8, 4) is 0 Å². The fraction of sp³-hybridized carbons (Fsp3) is 0.562. The Morgan fingerprint density at radius 3 is 2.53 bits per heavy atom. The molecular weight excluding hydrogens is 252 g/mol. The predicted octanol–water partition coefficient (Wildman–Crippen LogP) is 4.21. The summed E-state index contributed by atoms with van der Waals surface area (Å²) < 4.78 is 0. The van der Waals surface area contributed by atoms with Gasteiger partial charge in [-0.05, 0) is 48.2 Å². The fourth-order valence-electron chi connectivity index (χ4n) is 2.49. The Labute approximate surface area is 122 Å². The van der Waals surface area contributed by atoms with E-state index in [0.717, 1.165) is 10.8 Å². The summed E-state index contributed by atoms with van der Waals surface area (Å²) in [5.74, 6) is 0. The normalized spacial score (nSPS) is 16.4. The Morgan fingerprint density at radius 2 is 1.89 bits per heavy atom. The molecule has 1 fully saturated rings. The molecule has 2 N–H and O–H groups in total. The van der Waals surface area contributed by atoms with Crippen LogP contribution in [0.3, 0.4) is 0 Å². The molecule has 0 heterocycles. The maximum Gasteiger partial charge on any atom is 0.170 e. The Bertz CT molecular complexity index is 442. The Balaban J connectivity index is 1.96. The molecule has 2 rings (SSSR count). The number of rotatable bonds is 2. The highest BCUT2D eigenvalue weighted by Crippen LogP contribution is 2.24. The molecule has 0 radical (unpaired) electrons. The molecule has 19 heavy (non-hydrogen) atoms. The molecule has 0 aromatic heterocycles. The van der Waals surface area contributed by atoms with E-state index in [4.69, 9.17) is 12.2 Å². The number of anilines is 1. The van der Waals surface area contributed by atoms with Crippen LogP contribution in [0.4, 0.5) is 5.69 Å². The first-order valence-corrected chi connectivity index (χ1v) is 7.54. The zero-order valence-electron chi connectivity index (χ0n) is 12.1. The van der Waals surface area contributed by atoms with Gasteiger partial charge in [-0.2, -0.15) is 0 Å². The summed E-state index contributed by atoms with van der Waals surface area (Å²) in [5.41, 5.74) is 2.56. The largest absolute Gasteiger partial charge is 0.360 e. The van der Waals surface area contributed by atoms with Crippen LogP contribution in [0.2, 0.25) is 0 Å². The molecule has 1 aliphatic rings. The molecule has 104 valence electrons. The molecule has 0 unspecified atom stereocenters. The van der Waals surface area contributed by atoms with Gasteiger partial charge in [-0.1, -0.05) is 45.7 Å². The third kappa shape index (κ3) is 4.20. The van der Waals surface area contributed by atoms with Crippen LogP contribution >= 0.6 is 12.2 Å². The van der Waals surface area contributed by atoms with E-state index in [2.05, 4.69) is 55.7 Å². The quantitative estimate of drug-likeness (QED) is 0.791. The van der Waals surface area contributed by atoms with Crippen molar-refractivity contribution in [1.82, 2.24) is 5.32 Å². The van der Waals surface area contributed by atoms with Crippen molar-refractivity contribution in [3.63, 3.8) is 0 Å².